The molecule has 16 heavy (non-hydrogen) atoms. The average molecular weight is 218 g/mol. The van der Waals surface area contributed by atoms with Gasteiger partial charge in [-0.3, -0.25) is 4.79 Å². The summed E-state index contributed by atoms with van der Waals surface area (Å²) in [6, 6.07) is 7.97. The van der Waals surface area contributed by atoms with Gasteiger partial charge < -0.3 is 10.6 Å². The van der Waals surface area contributed by atoms with Crippen LogP contribution < -0.4 is 5.73 Å². The van der Waals surface area contributed by atoms with Gasteiger partial charge in [-0.05, 0) is 25.3 Å². The molecule has 1 fully saturated rings. The third-order valence-corrected chi connectivity index (χ3v) is 3.03. The summed E-state index contributed by atoms with van der Waals surface area (Å²) < 4.78 is 0. The van der Waals surface area contributed by atoms with E-state index in [2.05, 4.69) is 25.1 Å². The van der Waals surface area contributed by atoms with E-state index in [0.29, 0.717) is 6.54 Å². The Labute approximate surface area is 96.2 Å². The summed E-state index contributed by atoms with van der Waals surface area (Å²) in [7, 11) is 0. The highest BCUT2D eigenvalue weighted by Gasteiger charge is 2.25. The molecule has 0 aromatic heterocycles. The average Bonchev–Trinajstić information content (AvgIpc) is 2.25. The van der Waals surface area contributed by atoms with Crippen LogP contribution in [0.2, 0.25) is 0 Å². The molecule has 1 aliphatic rings. The van der Waals surface area contributed by atoms with Crippen molar-refractivity contribution in [2.45, 2.75) is 32.4 Å². The Morgan fingerprint density at radius 3 is 3.06 bits per heavy atom. The Bertz CT molecular complexity index is 389. The van der Waals surface area contributed by atoms with Crippen LogP contribution in [0.4, 0.5) is 0 Å². The minimum absolute atomic E-state index is 0.0905. The maximum atomic E-state index is 11.8. The van der Waals surface area contributed by atoms with E-state index >= 15 is 0 Å². The molecule has 1 atom stereocenters. The molecule has 0 aliphatic carbocycles. The molecule has 2 N–H and O–H groups in total. The lowest BCUT2D eigenvalue weighted by Gasteiger charge is -2.30. The number of piperidine rings is 1. The molecule has 0 saturated carbocycles. The molecule has 1 aliphatic heterocycles. The van der Waals surface area contributed by atoms with Crippen molar-refractivity contribution in [3.63, 3.8) is 0 Å². The van der Waals surface area contributed by atoms with Crippen LogP contribution in [0, 0.1) is 6.92 Å². The highest BCUT2D eigenvalue weighted by molar-refractivity contribution is 5.82. The molecular weight excluding hydrogens is 200 g/mol. The number of nitrogens with two attached hydrogens (primary N) is 1. The first-order valence-electron chi connectivity index (χ1n) is 5.77. The molecule has 0 bridgehead atoms. The first-order chi connectivity index (χ1) is 7.66. The second-order valence-electron chi connectivity index (χ2n) is 4.50. The van der Waals surface area contributed by atoms with Gasteiger partial charge in [0.1, 0.15) is 0 Å². The minimum Gasteiger partial charge on any atom is -0.337 e. The predicted octanol–water partition coefficient (Wildman–Crippen LogP) is 1.44. The van der Waals surface area contributed by atoms with E-state index in [-0.39, 0.29) is 11.9 Å². The van der Waals surface area contributed by atoms with E-state index in [0.717, 1.165) is 19.4 Å². The minimum atomic E-state index is -0.293. The molecule has 1 aromatic rings. The summed E-state index contributed by atoms with van der Waals surface area (Å²) in [6.07, 6.45) is 1.84. The van der Waals surface area contributed by atoms with Gasteiger partial charge in [0.15, 0.2) is 0 Å². The third-order valence-electron chi connectivity index (χ3n) is 3.03. The summed E-state index contributed by atoms with van der Waals surface area (Å²) in [5.41, 5.74) is 8.17. The summed E-state index contributed by atoms with van der Waals surface area (Å²) in [5, 5.41) is 0. The Kier molecular flexibility index (Phi) is 3.25. The van der Waals surface area contributed by atoms with Gasteiger partial charge in [-0.1, -0.05) is 29.8 Å². The number of hydrogen-bond acceptors (Lipinski definition) is 2. The number of hydrogen-bond donors (Lipinski definition) is 1. The molecule has 0 spiro atoms. The first kappa shape index (κ1) is 11.1. The number of carbonyl (C=O) groups is 1. The molecule has 3 heteroatoms. The normalized spacial score (nSPS) is 21.2. The molecule has 2 rings (SSSR count). The van der Waals surface area contributed by atoms with Crippen LogP contribution in [-0.2, 0) is 11.3 Å². The fraction of sp³-hybridized carbons (Fsp3) is 0.462. The molecular formula is C13H18N2O. The van der Waals surface area contributed by atoms with Crippen molar-refractivity contribution in [3.8, 4) is 0 Å². The zero-order valence-electron chi connectivity index (χ0n) is 9.65. The lowest BCUT2D eigenvalue weighted by atomic mass is 10.0. The van der Waals surface area contributed by atoms with E-state index < -0.39 is 0 Å². The van der Waals surface area contributed by atoms with Crippen molar-refractivity contribution in [1.82, 2.24) is 4.90 Å². The van der Waals surface area contributed by atoms with Gasteiger partial charge in [0.05, 0.1) is 6.04 Å². The highest BCUT2D eigenvalue weighted by Crippen LogP contribution is 2.14. The monoisotopic (exact) mass is 218 g/mol. The summed E-state index contributed by atoms with van der Waals surface area (Å²) in [5.74, 6) is 0.0905. The van der Waals surface area contributed by atoms with Crippen LogP contribution in [0.15, 0.2) is 24.3 Å². The van der Waals surface area contributed by atoms with Gasteiger partial charge in [0, 0.05) is 13.1 Å². The van der Waals surface area contributed by atoms with E-state index in [9.17, 15) is 4.79 Å². The van der Waals surface area contributed by atoms with Crippen LogP contribution in [0.25, 0.3) is 0 Å². The molecule has 1 aromatic carbocycles. The van der Waals surface area contributed by atoms with Crippen molar-refractivity contribution in [1.29, 1.82) is 0 Å². The van der Waals surface area contributed by atoms with Crippen LogP contribution >= 0.6 is 0 Å². The van der Waals surface area contributed by atoms with Gasteiger partial charge in [-0.2, -0.15) is 0 Å². The van der Waals surface area contributed by atoms with E-state index in [4.69, 9.17) is 5.73 Å². The topological polar surface area (TPSA) is 46.3 Å². The lowest BCUT2D eigenvalue weighted by molar-refractivity contribution is -0.135. The fourth-order valence-corrected chi connectivity index (χ4v) is 2.16. The van der Waals surface area contributed by atoms with E-state index in [1.807, 2.05) is 11.0 Å². The number of nitrogens with zero attached hydrogens (tertiary/aromatic N) is 1. The maximum Gasteiger partial charge on any atom is 0.239 e. The highest BCUT2D eigenvalue weighted by atomic mass is 16.2. The van der Waals surface area contributed by atoms with Crippen LogP contribution in [-0.4, -0.2) is 23.4 Å². The van der Waals surface area contributed by atoms with Gasteiger partial charge >= 0.3 is 0 Å². The van der Waals surface area contributed by atoms with Crippen molar-refractivity contribution in [3.05, 3.63) is 35.4 Å². The van der Waals surface area contributed by atoms with Gasteiger partial charge in [0.25, 0.3) is 0 Å². The van der Waals surface area contributed by atoms with E-state index in [1.165, 1.54) is 11.1 Å². The number of amides is 1. The smallest absolute Gasteiger partial charge is 0.239 e. The number of aryl methyl sites for hydroxylation is 1. The Morgan fingerprint density at radius 1 is 1.50 bits per heavy atom. The van der Waals surface area contributed by atoms with Gasteiger partial charge in [-0.15, -0.1) is 0 Å². The Balaban J connectivity index is 2.06. The molecule has 0 radical (unpaired) electrons. The Hall–Kier alpha value is -1.35. The number of benzene rings is 1. The zero-order chi connectivity index (χ0) is 11.5. The molecule has 1 heterocycles. The predicted molar refractivity (Wildman–Crippen MR) is 63.8 cm³/mol. The number of rotatable bonds is 2. The summed E-state index contributed by atoms with van der Waals surface area (Å²) in [6.45, 7) is 3.59. The Morgan fingerprint density at radius 2 is 2.31 bits per heavy atom. The maximum absolute atomic E-state index is 11.8. The van der Waals surface area contributed by atoms with Crippen LogP contribution in [0.3, 0.4) is 0 Å². The fourth-order valence-electron chi connectivity index (χ4n) is 2.16. The lowest BCUT2D eigenvalue weighted by Crippen LogP contribution is -2.47. The molecule has 1 amide bonds. The summed E-state index contributed by atoms with van der Waals surface area (Å²) in [4.78, 5) is 13.7. The van der Waals surface area contributed by atoms with Crippen molar-refractivity contribution in [2.24, 2.45) is 5.73 Å². The van der Waals surface area contributed by atoms with Gasteiger partial charge in [-0.25, -0.2) is 0 Å². The first-order valence-corrected chi connectivity index (χ1v) is 5.77. The molecule has 1 saturated heterocycles. The SMILES string of the molecule is Cc1cccc(CN2CCCC(N)C2=O)c1. The largest absolute Gasteiger partial charge is 0.337 e. The summed E-state index contributed by atoms with van der Waals surface area (Å²) >= 11 is 0. The quantitative estimate of drug-likeness (QED) is 0.816. The van der Waals surface area contributed by atoms with Crippen molar-refractivity contribution < 1.29 is 4.79 Å². The standard InChI is InChI=1S/C13H18N2O/c1-10-4-2-5-11(8-10)9-15-7-3-6-12(14)13(15)16/h2,4-5,8,12H,3,6-7,9,14H2,1H3. The van der Waals surface area contributed by atoms with Crippen LogP contribution in [0.5, 0.6) is 0 Å². The molecule has 86 valence electrons. The molecule has 3 nitrogen and oxygen atoms in total. The van der Waals surface area contributed by atoms with Gasteiger partial charge in [0.2, 0.25) is 5.91 Å². The third kappa shape index (κ3) is 2.42. The second kappa shape index (κ2) is 4.66. The van der Waals surface area contributed by atoms with Crippen molar-refractivity contribution in [2.75, 3.05) is 6.54 Å². The second-order valence-corrected chi connectivity index (χ2v) is 4.50. The van der Waals surface area contributed by atoms with Crippen molar-refractivity contribution >= 4 is 5.91 Å². The van der Waals surface area contributed by atoms with Crippen LogP contribution in [0.1, 0.15) is 24.0 Å². The van der Waals surface area contributed by atoms with E-state index in [1.54, 1.807) is 0 Å². The number of likely N-dealkylation sites (tertiary alicyclic amines) is 1. The zero-order valence-corrected chi connectivity index (χ0v) is 9.65. The molecule has 1 unspecified atom stereocenters. The number of carbonyl (C=O) groups excluding carboxylic acids is 1.